The third-order valence-electron chi connectivity index (χ3n) is 6.71. The fraction of sp³-hybridized carbons (Fsp3) is 0.333. The van der Waals surface area contributed by atoms with Gasteiger partial charge in [0.2, 0.25) is 11.8 Å². The van der Waals surface area contributed by atoms with Crippen molar-refractivity contribution in [2.45, 2.75) is 56.5 Å². The van der Waals surface area contributed by atoms with Gasteiger partial charge < -0.3 is 10.2 Å². The molecule has 0 aromatic heterocycles. The van der Waals surface area contributed by atoms with Crippen LogP contribution in [0.5, 0.6) is 0 Å². The molecule has 0 saturated heterocycles. The minimum Gasteiger partial charge on any atom is -0.352 e. The SMILES string of the molecule is O=C(NC1CCCC1)C(Cc1ccccc1)N(Cc1cccc(Cl)c1)C(=O)CSCc1ccc(Cl)cc1Cl. The van der Waals surface area contributed by atoms with Crippen LogP contribution >= 0.6 is 46.6 Å². The molecule has 4 rings (SSSR count). The molecular weight excluding hydrogens is 559 g/mol. The van der Waals surface area contributed by atoms with E-state index in [9.17, 15) is 9.59 Å². The molecule has 2 amide bonds. The van der Waals surface area contributed by atoms with E-state index in [0.717, 1.165) is 42.4 Å². The van der Waals surface area contributed by atoms with Gasteiger partial charge in [-0.05, 0) is 53.8 Å². The zero-order chi connectivity index (χ0) is 26.9. The highest BCUT2D eigenvalue weighted by molar-refractivity contribution is 7.99. The highest BCUT2D eigenvalue weighted by Gasteiger charge is 2.32. The van der Waals surface area contributed by atoms with Gasteiger partial charge in [0.1, 0.15) is 6.04 Å². The van der Waals surface area contributed by atoms with Crippen LogP contribution < -0.4 is 5.32 Å². The lowest BCUT2D eigenvalue weighted by atomic mass is 10.0. The second-order valence-electron chi connectivity index (χ2n) is 9.58. The maximum Gasteiger partial charge on any atom is 0.243 e. The standard InChI is InChI=1S/C30H31Cl3N2O2S/c31-24-10-6-9-22(15-24)18-35(29(36)20-38-19-23-13-14-25(32)17-27(23)33)28(16-21-7-2-1-3-8-21)30(37)34-26-11-4-5-12-26/h1-3,6-10,13-15,17,26,28H,4-5,11-12,16,18-20H2,(H,34,37). The molecule has 0 spiro atoms. The smallest absolute Gasteiger partial charge is 0.243 e. The minimum atomic E-state index is -0.649. The van der Waals surface area contributed by atoms with Crippen LogP contribution in [0.1, 0.15) is 42.4 Å². The van der Waals surface area contributed by atoms with Crippen molar-refractivity contribution in [3.8, 4) is 0 Å². The maximum atomic E-state index is 13.8. The van der Waals surface area contributed by atoms with Crippen molar-refractivity contribution in [3.05, 3.63) is 105 Å². The van der Waals surface area contributed by atoms with Crippen LogP contribution in [-0.4, -0.2) is 34.6 Å². The summed E-state index contributed by atoms with van der Waals surface area (Å²) in [5.74, 6) is 0.552. The zero-order valence-electron chi connectivity index (χ0n) is 21.0. The molecule has 0 aliphatic heterocycles. The lowest BCUT2D eigenvalue weighted by Gasteiger charge is -2.32. The van der Waals surface area contributed by atoms with Crippen LogP contribution in [0, 0.1) is 0 Å². The van der Waals surface area contributed by atoms with Gasteiger partial charge in [0.15, 0.2) is 0 Å². The molecule has 38 heavy (non-hydrogen) atoms. The van der Waals surface area contributed by atoms with Crippen LogP contribution in [0.25, 0.3) is 0 Å². The number of carbonyl (C=O) groups is 2. The number of hydrogen-bond donors (Lipinski definition) is 1. The van der Waals surface area contributed by atoms with E-state index in [1.54, 1.807) is 23.1 Å². The molecule has 0 radical (unpaired) electrons. The van der Waals surface area contributed by atoms with E-state index in [1.165, 1.54) is 11.8 Å². The molecule has 1 fully saturated rings. The van der Waals surface area contributed by atoms with Crippen molar-refractivity contribution in [2.24, 2.45) is 0 Å². The van der Waals surface area contributed by atoms with Crippen molar-refractivity contribution in [1.82, 2.24) is 10.2 Å². The number of halogens is 3. The molecule has 0 bridgehead atoms. The van der Waals surface area contributed by atoms with Crippen LogP contribution in [-0.2, 0) is 28.3 Å². The molecular formula is C30H31Cl3N2O2S. The van der Waals surface area contributed by atoms with Gasteiger partial charge in [0.05, 0.1) is 5.75 Å². The number of carbonyl (C=O) groups excluding carboxylic acids is 2. The van der Waals surface area contributed by atoms with Crippen LogP contribution in [0.4, 0.5) is 0 Å². The number of thioether (sulfide) groups is 1. The van der Waals surface area contributed by atoms with E-state index in [2.05, 4.69) is 5.32 Å². The molecule has 8 heteroatoms. The average molecular weight is 590 g/mol. The number of benzene rings is 3. The summed E-state index contributed by atoms with van der Waals surface area (Å²) < 4.78 is 0. The first kappa shape index (κ1) is 28.8. The van der Waals surface area contributed by atoms with Crippen LogP contribution in [0.15, 0.2) is 72.8 Å². The van der Waals surface area contributed by atoms with Crippen molar-refractivity contribution in [1.29, 1.82) is 0 Å². The molecule has 1 N–H and O–H groups in total. The Labute approximate surface area is 244 Å². The molecule has 1 atom stereocenters. The lowest BCUT2D eigenvalue weighted by Crippen LogP contribution is -2.52. The number of nitrogens with one attached hydrogen (secondary N) is 1. The molecule has 1 saturated carbocycles. The Morgan fingerprint density at radius 1 is 0.895 bits per heavy atom. The Hall–Kier alpha value is -2.18. The summed E-state index contributed by atoms with van der Waals surface area (Å²) in [6.45, 7) is 0.289. The van der Waals surface area contributed by atoms with Gasteiger partial charge in [0.25, 0.3) is 0 Å². The summed E-state index contributed by atoms with van der Waals surface area (Å²) in [6.07, 6.45) is 4.61. The van der Waals surface area contributed by atoms with E-state index in [0.29, 0.717) is 27.2 Å². The topological polar surface area (TPSA) is 49.4 Å². The normalized spacial score (nSPS) is 14.3. The third-order valence-corrected chi connectivity index (χ3v) is 8.50. The highest BCUT2D eigenvalue weighted by Crippen LogP contribution is 2.26. The fourth-order valence-corrected chi connectivity index (χ4v) is 6.41. The van der Waals surface area contributed by atoms with Gasteiger partial charge in [-0.1, -0.05) is 96.2 Å². The Morgan fingerprint density at radius 3 is 2.32 bits per heavy atom. The third kappa shape index (κ3) is 8.41. The summed E-state index contributed by atoms with van der Waals surface area (Å²) in [7, 11) is 0. The molecule has 1 aliphatic rings. The van der Waals surface area contributed by atoms with Gasteiger partial charge in [-0.25, -0.2) is 0 Å². The van der Waals surface area contributed by atoms with Crippen LogP contribution in [0.2, 0.25) is 15.1 Å². The van der Waals surface area contributed by atoms with Gasteiger partial charge in [-0.2, -0.15) is 0 Å². The second kappa shape index (κ2) is 14.3. The number of hydrogen-bond acceptors (Lipinski definition) is 3. The average Bonchev–Trinajstić information content (AvgIpc) is 3.41. The van der Waals surface area contributed by atoms with Gasteiger partial charge in [-0.3, -0.25) is 9.59 Å². The number of rotatable bonds is 11. The van der Waals surface area contributed by atoms with Crippen molar-refractivity contribution >= 4 is 58.4 Å². The first-order valence-electron chi connectivity index (χ1n) is 12.8. The van der Waals surface area contributed by atoms with Crippen molar-refractivity contribution in [3.63, 3.8) is 0 Å². The quantitative estimate of drug-likeness (QED) is 0.251. The fourth-order valence-electron chi connectivity index (χ4n) is 4.72. The molecule has 4 nitrogen and oxygen atoms in total. The Kier molecular flexibility index (Phi) is 10.8. The summed E-state index contributed by atoms with van der Waals surface area (Å²) in [5, 5.41) is 4.97. The Balaban J connectivity index is 1.57. The highest BCUT2D eigenvalue weighted by atomic mass is 35.5. The molecule has 3 aromatic carbocycles. The Morgan fingerprint density at radius 2 is 1.61 bits per heavy atom. The molecule has 1 unspecified atom stereocenters. The van der Waals surface area contributed by atoms with Crippen LogP contribution in [0.3, 0.4) is 0 Å². The summed E-state index contributed by atoms with van der Waals surface area (Å²) in [6, 6.07) is 22.2. The van der Waals surface area contributed by atoms with E-state index in [4.69, 9.17) is 34.8 Å². The van der Waals surface area contributed by atoms with Crippen molar-refractivity contribution in [2.75, 3.05) is 5.75 Å². The zero-order valence-corrected chi connectivity index (χ0v) is 24.1. The van der Waals surface area contributed by atoms with Crippen molar-refractivity contribution < 1.29 is 9.59 Å². The van der Waals surface area contributed by atoms with Gasteiger partial charge in [-0.15, -0.1) is 11.8 Å². The number of amides is 2. The van der Waals surface area contributed by atoms with Gasteiger partial charge >= 0.3 is 0 Å². The largest absolute Gasteiger partial charge is 0.352 e. The first-order chi connectivity index (χ1) is 18.4. The summed E-state index contributed by atoms with van der Waals surface area (Å²) in [4.78, 5) is 29.2. The van der Waals surface area contributed by atoms with E-state index < -0.39 is 6.04 Å². The molecule has 200 valence electrons. The van der Waals surface area contributed by atoms with Gasteiger partial charge in [0, 0.05) is 39.8 Å². The minimum absolute atomic E-state index is 0.109. The monoisotopic (exact) mass is 588 g/mol. The maximum absolute atomic E-state index is 13.8. The van der Waals surface area contributed by atoms with E-state index in [1.807, 2.05) is 54.6 Å². The summed E-state index contributed by atoms with van der Waals surface area (Å²) >= 11 is 20.1. The second-order valence-corrected chi connectivity index (χ2v) is 11.8. The first-order valence-corrected chi connectivity index (χ1v) is 15.1. The molecule has 0 heterocycles. The predicted octanol–water partition coefficient (Wildman–Crippen LogP) is 7.58. The molecule has 3 aromatic rings. The predicted molar refractivity (Wildman–Crippen MR) is 159 cm³/mol. The molecule has 1 aliphatic carbocycles. The number of nitrogens with zero attached hydrogens (tertiary/aromatic N) is 1. The lowest BCUT2D eigenvalue weighted by molar-refractivity contribution is -0.139. The Bertz CT molecular complexity index is 1240. The van der Waals surface area contributed by atoms with E-state index in [-0.39, 0.29) is 30.2 Å². The van der Waals surface area contributed by atoms with E-state index >= 15 is 0 Å². The summed E-state index contributed by atoms with van der Waals surface area (Å²) in [5.41, 5.74) is 2.79.